The normalized spacial score (nSPS) is 11.2. The van der Waals surface area contributed by atoms with Crippen LogP contribution in [0.4, 0.5) is 5.69 Å². The van der Waals surface area contributed by atoms with Gasteiger partial charge in [0.2, 0.25) is 0 Å². The number of fused-ring (bicyclic) bond motifs is 1. The summed E-state index contributed by atoms with van der Waals surface area (Å²) in [7, 11) is 1.66. The summed E-state index contributed by atoms with van der Waals surface area (Å²) >= 11 is 0. The molecule has 3 nitrogen and oxygen atoms in total. The lowest BCUT2D eigenvalue weighted by Gasteiger charge is -2.04. The summed E-state index contributed by atoms with van der Waals surface area (Å²) in [5.41, 5.74) is 5.20. The zero-order valence-electron chi connectivity index (χ0n) is 13.9. The van der Waals surface area contributed by atoms with Gasteiger partial charge in [0.1, 0.15) is 11.4 Å². The van der Waals surface area contributed by atoms with E-state index in [1.807, 2.05) is 60.8 Å². The van der Waals surface area contributed by atoms with E-state index in [-0.39, 0.29) is 0 Å². The van der Waals surface area contributed by atoms with Gasteiger partial charge in [-0.2, -0.15) is 0 Å². The highest BCUT2D eigenvalue weighted by Gasteiger charge is 2.11. The van der Waals surface area contributed by atoms with Gasteiger partial charge in [0.05, 0.1) is 12.8 Å². The van der Waals surface area contributed by atoms with Gasteiger partial charge < -0.3 is 9.72 Å². The second-order valence-electron chi connectivity index (χ2n) is 5.76. The number of H-pyrrole nitrogens is 1. The van der Waals surface area contributed by atoms with Crippen molar-refractivity contribution < 1.29 is 4.74 Å². The van der Waals surface area contributed by atoms with E-state index in [9.17, 15) is 0 Å². The lowest BCUT2D eigenvalue weighted by Crippen LogP contribution is -1.87. The molecule has 1 N–H and O–H groups in total. The zero-order valence-corrected chi connectivity index (χ0v) is 13.9. The van der Waals surface area contributed by atoms with Gasteiger partial charge in [-0.25, -0.2) is 0 Å². The first kappa shape index (κ1) is 15.2. The molecule has 0 spiro atoms. The number of aromatic amines is 1. The number of nitrogens with zero attached hydrogens (tertiary/aromatic N) is 1. The molecule has 0 aliphatic rings. The Labute approximate surface area is 146 Å². The van der Waals surface area contributed by atoms with Crippen LogP contribution in [0.2, 0.25) is 0 Å². The Bertz CT molecular complexity index is 1030. The molecule has 0 bridgehead atoms. The third-order valence-corrected chi connectivity index (χ3v) is 4.23. The van der Waals surface area contributed by atoms with Crippen molar-refractivity contribution in [2.45, 2.75) is 0 Å². The maximum Gasteiger partial charge on any atom is 0.144 e. The molecule has 0 saturated carbocycles. The Morgan fingerprint density at radius 1 is 0.840 bits per heavy atom. The molecule has 0 unspecified atom stereocenters. The van der Waals surface area contributed by atoms with Gasteiger partial charge in [0.15, 0.2) is 0 Å². The van der Waals surface area contributed by atoms with Crippen molar-refractivity contribution in [3.63, 3.8) is 0 Å². The van der Waals surface area contributed by atoms with Crippen LogP contribution in [0.25, 0.3) is 22.2 Å². The van der Waals surface area contributed by atoms with Gasteiger partial charge in [-0.3, -0.25) is 4.99 Å². The van der Waals surface area contributed by atoms with Gasteiger partial charge in [-0.1, -0.05) is 60.7 Å². The molecule has 0 saturated heterocycles. The molecule has 3 heteroatoms. The van der Waals surface area contributed by atoms with Gasteiger partial charge in [0, 0.05) is 22.7 Å². The van der Waals surface area contributed by atoms with Crippen molar-refractivity contribution in [2.75, 3.05) is 7.11 Å². The highest BCUT2D eigenvalue weighted by molar-refractivity contribution is 6.06. The number of aromatic nitrogens is 1. The lowest BCUT2D eigenvalue weighted by atomic mass is 10.1. The van der Waals surface area contributed by atoms with E-state index in [1.165, 1.54) is 0 Å². The SMILES string of the molecule is COc1ccccc1N=Cc1c(-c2ccccc2)[nH]c2ccccc12. The molecule has 0 fully saturated rings. The summed E-state index contributed by atoms with van der Waals surface area (Å²) in [6.07, 6.45) is 1.92. The summed E-state index contributed by atoms with van der Waals surface area (Å²) in [6.45, 7) is 0. The number of ether oxygens (including phenoxy) is 1. The molecule has 1 heterocycles. The second kappa shape index (κ2) is 6.65. The van der Waals surface area contributed by atoms with Gasteiger partial charge >= 0.3 is 0 Å². The van der Waals surface area contributed by atoms with Crippen LogP contribution >= 0.6 is 0 Å². The molecule has 0 radical (unpaired) electrons. The largest absolute Gasteiger partial charge is 0.494 e. The lowest BCUT2D eigenvalue weighted by molar-refractivity contribution is 0.416. The Hall–Kier alpha value is -3.33. The standard InChI is InChI=1S/C22H18N2O/c1-25-21-14-8-7-13-20(21)23-15-18-17-11-5-6-12-19(17)24-22(18)16-9-3-2-4-10-16/h2-15,24H,1H3. The maximum absolute atomic E-state index is 5.40. The quantitative estimate of drug-likeness (QED) is 0.487. The van der Waals surface area contributed by atoms with E-state index in [1.54, 1.807) is 7.11 Å². The van der Waals surface area contributed by atoms with Crippen LogP contribution in [-0.4, -0.2) is 18.3 Å². The summed E-state index contributed by atoms with van der Waals surface area (Å²) in [6, 6.07) is 26.4. The Morgan fingerprint density at radius 3 is 2.40 bits per heavy atom. The van der Waals surface area contributed by atoms with Crippen molar-refractivity contribution in [3.8, 4) is 17.0 Å². The Morgan fingerprint density at radius 2 is 1.56 bits per heavy atom. The summed E-state index contributed by atoms with van der Waals surface area (Å²) in [5, 5.41) is 1.15. The molecular weight excluding hydrogens is 308 g/mol. The zero-order chi connectivity index (χ0) is 17.1. The number of para-hydroxylation sites is 3. The Kier molecular flexibility index (Phi) is 4.05. The van der Waals surface area contributed by atoms with Crippen molar-refractivity contribution in [2.24, 2.45) is 4.99 Å². The minimum Gasteiger partial charge on any atom is -0.494 e. The number of aliphatic imine (C=N–C) groups is 1. The fourth-order valence-corrected chi connectivity index (χ4v) is 3.00. The second-order valence-corrected chi connectivity index (χ2v) is 5.76. The van der Waals surface area contributed by atoms with Gasteiger partial charge in [-0.15, -0.1) is 0 Å². The van der Waals surface area contributed by atoms with E-state index in [0.29, 0.717) is 0 Å². The number of nitrogens with one attached hydrogen (secondary N) is 1. The topological polar surface area (TPSA) is 37.4 Å². The fourth-order valence-electron chi connectivity index (χ4n) is 3.00. The molecular formula is C22H18N2O. The molecule has 122 valence electrons. The van der Waals surface area contributed by atoms with Crippen LogP contribution < -0.4 is 4.74 Å². The molecule has 4 aromatic rings. The molecule has 25 heavy (non-hydrogen) atoms. The number of methoxy groups -OCH3 is 1. The summed E-state index contributed by atoms with van der Waals surface area (Å²) in [5.74, 6) is 0.764. The molecule has 4 rings (SSSR count). The highest BCUT2D eigenvalue weighted by Crippen LogP contribution is 2.31. The predicted molar refractivity (Wildman–Crippen MR) is 104 cm³/mol. The molecule has 1 aromatic heterocycles. The van der Waals surface area contributed by atoms with Crippen LogP contribution in [-0.2, 0) is 0 Å². The smallest absolute Gasteiger partial charge is 0.144 e. The first-order valence-corrected chi connectivity index (χ1v) is 8.20. The van der Waals surface area contributed by atoms with E-state index >= 15 is 0 Å². The molecule has 0 atom stereocenters. The van der Waals surface area contributed by atoms with Crippen LogP contribution in [0, 0.1) is 0 Å². The molecule has 0 amide bonds. The first-order valence-electron chi connectivity index (χ1n) is 8.20. The molecule has 0 aliphatic carbocycles. The average molecular weight is 326 g/mol. The van der Waals surface area contributed by atoms with Crippen LogP contribution in [0.15, 0.2) is 83.9 Å². The van der Waals surface area contributed by atoms with Crippen molar-refractivity contribution in [1.29, 1.82) is 0 Å². The third kappa shape index (κ3) is 2.92. The number of hydrogen-bond acceptors (Lipinski definition) is 2. The fraction of sp³-hybridized carbons (Fsp3) is 0.0455. The monoisotopic (exact) mass is 326 g/mol. The van der Waals surface area contributed by atoms with E-state index in [4.69, 9.17) is 4.74 Å². The van der Waals surface area contributed by atoms with Crippen molar-refractivity contribution in [1.82, 2.24) is 4.98 Å². The molecule has 3 aromatic carbocycles. The van der Waals surface area contributed by atoms with Crippen LogP contribution in [0.5, 0.6) is 5.75 Å². The van der Waals surface area contributed by atoms with E-state index in [2.05, 4.69) is 34.2 Å². The Balaban J connectivity index is 1.87. The average Bonchev–Trinajstić information content (AvgIpc) is 3.06. The van der Waals surface area contributed by atoms with E-state index in [0.717, 1.165) is 39.2 Å². The van der Waals surface area contributed by atoms with Crippen molar-refractivity contribution >= 4 is 22.8 Å². The number of benzene rings is 3. The predicted octanol–water partition coefficient (Wildman–Crippen LogP) is 5.59. The van der Waals surface area contributed by atoms with E-state index < -0.39 is 0 Å². The minimum absolute atomic E-state index is 0.764. The molecule has 0 aliphatic heterocycles. The maximum atomic E-state index is 5.40. The number of rotatable bonds is 4. The van der Waals surface area contributed by atoms with Crippen molar-refractivity contribution in [3.05, 3.63) is 84.4 Å². The summed E-state index contributed by atoms with van der Waals surface area (Å²) < 4.78 is 5.40. The minimum atomic E-state index is 0.764. The highest BCUT2D eigenvalue weighted by atomic mass is 16.5. The first-order chi connectivity index (χ1) is 12.4. The van der Waals surface area contributed by atoms with Gasteiger partial charge in [0.25, 0.3) is 0 Å². The van der Waals surface area contributed by atoms with Gasteiger partial charge in [-0.05, 0) is 23.8 Å². The third-order valence-electron chi connectivity index (χ3n) is 4.23. The number of hydrogen-bond donors (Lipinski definition) is 1. The van der Waals surface area contributed by atoms with Crippen LogP contribution in [0.1, 0.15) is 5.56 Å². The van der Waals surface area contributed by atoms with Crippen LogP contribution in [0.3, 0.4) is 0 Å². The summed E-state index contributed by atoms with van der Waals surface area (Å²) in [4.78, 5) is 8.21.